The third kappa shape index (κ3) is 5.41. The fourth-order valence-electron chi connectivity index (χ4n) is 3.15. The van der Waals surface area contributed by atoms with Crippen LogP contribution in [0.4, 0.5) is 0 Å². The maximum Gasteiger partial charge on any atom is 0.222 e. The number of carbonyl (C=O) groups is 2. The Morgan fingerprint density at radius 1 is 1.15 bits per heavy atom. The van der Waals surface area contributed by atoms with Crippen molar-refractivity contribution in [3.05, 3.63) is 63.6 Å². The molecule has 27 heavy (non-hydrogen) atoms. The summed E-state index contributed by atoms with van der Waals surface area (Å²) in [5, 5.41) is 7.21. The zero-order valence-corrected chi connectivity index (χ0v) is 17.1. The molecule has 2 aromatic carbocycles. The Kier molecular flexibility index (Phi) is 6.68. The van der Waals surface area contributed by atoms with Crippen molar-refractivity contribution in [3.63, 3.8) is 0 Å². The van der Waals surface area contributed by atoms with Crippen LogP contribution in [-0.4, -0.2) is 17.6 Å². The number of hydrogen-bond acceptors (Lipinski definition) is 3. The van der Waals surface area contributed by atoms with Gasteiger partial charge in [0.1, 0.15) is 0 Å². The number of nitrogens with one attached hydrogen (secondary N) is 2. The average Bonchev–Trinajstić information content (AvgIpc) is 2.62. The highest BCUT2D eigenvalue weighted by Crippen LogP contribution is 2.37. The largest absolute Gasteiger partial charge is 0.349 e. The van der Waals surface area contributed by atoms with Gasteiger partial charge in [-0.25, -0.2) is 0 Å². The lowest BCUT2D eigenvalue weighted by Gasteiger charge is -2.27. The van der Waals surface area contributed by atoms with Crippen molar-refractivity contribution < 1.29 is 9.59 Å². The lowest BCUT2D eigenvalue weighted by atomic mass is 10.0. The molecular weight excluding hydrogens is 403 g/mol. The summed E-state index contributed by atoms with van der Waals surface area (Å²) in [5.74, 6) is 0.631. The van der Waals surface area contributed by atoms with Crippen molar-refractivity contribution in [1.29, 1.82) is 0 Å². The zero-order chi connectivity index (χ0) is 19.4. The fourth-order valence-corrected chi connectivity index (χ4v) is 4.56. The molecule has 0 spiro atoms. The van der Waals surface area contributed by atoms with E-state index in [4.69, 9.17) is 23.2 Å². The van der Waals surface area contributed by atoms with E-state index in [1.165, 1.54) is 6.92 Å². The van der Waals surface area contributed by atoms with E-state index in [2.05, 4.69) is 10.6 Å². The van der Waals surface area contributed by atoms with Gasteiger partial charge in [0.25, 0.3) is 0 Å². The summed E-state index contributed by atoms with van der Waals surface area (Å²) >= 11 is 13.8. The molecule has 7 heteroatoms. The molecule has 2 atom stereocenters. The highest BCUT2D eigenvalue weighted by atomic mass is 35.5. The van der Waals surface area contributed by atoms with Crippen LogP contribution in [0, 0.1) is 0 Å². The minimum absolute atomic E-state index is 0.0735. The van der Waals surface area contributed by atoms with E-state index in [9.17, 15) is 9.59 Å². The van der Waals surface area contributed by atoms with Crippen molar-refractivity contribution >= 4 is 46.8 Å². The molecular formula is C20H20Cl2N2O2S. The molecule has 0 fully saturated rings. The van der Waals surface area contributed by atoms with Crippen molar-refractivity contribution in [1.82, 2.24) is 10.6 Å². The van der Waals surface area contributed by atoms with E-state index in [-0.39, 0.29) is 24.3 Å². The normalized spacial score (nSPS) is 16.9. The van der Waals surface area contributed by atoms with Gasteiger partial charge >= 0.3 is 0 Å². The third-order valence-corrected chi connectivity index (χ3v) is 6.00. The number of halogens is 2. The van der Waals surface area contributed by atoms with Crippen LogP contribution in [0.3, 0.4) is 0 Å². The van der Waals surface area contributed by atoms with E-state index in [0.717, 1.165) is 28.2 Å². The van der Waals surface area contributed by atoms with Crippen molar-refractivity contribution in [3.8, 4) is 0 Å². The van der Waals surface area contributed by atoms with Crippen LogP contribution in [0.25, 0.3) is 0 Å². The monoisotopic (exact) mass is 422 g/mol. The molecule has 0 saturated carbocycles. The summed E-state index contributed by atoms with van der Waals surface area (Å²) < 4.78 is 0. The van der Waals surface area contributed by atoms with Gasteiger partial charge in [0.2, 0.25) is 11.8 Å². The zero-order valence-electron chi connectivity index (χ0n) is 14.8. The Labute approximate surface area is 173 Å². The van der Waals surface area contributed by atoms with Crippen molar-refractivity contribution in [2.24, 2.45) is 0 Å². The molecule has 1 heterocycles. The summed E-state index contributed by atoms with van der Waals surface area (Å²) in [4.78, 5) is 25.4. The van der Waals surface area contributed by atoms with Crippen LogP contribution in [0.1, 0.15) is 43.0 Å². The molecule has 0 aromatic heterocycles. The number of amides is 2. The van der Waals surface area contributed by atoms with Gasteiger partial charge in [0.15, 0.2) is 0 Å². The van der Waals surface area contributed by atoms with Crippen LogP contribution in [0.15, 0.2) is 47.4 Å². The molecule has 1 aliphatic heterocycles. The SMILES string of the molecule is CC(=O)NC(CC(=O)NC1CCSc2ccc(Cl)cc21)c1ccc(Cl)cc1. The van der Waals surface area contributed by atoms with Gasteiger partial charge in [-0.1, -0.05) is 35.3 Å². The second kappa shape index (κ2) is 9.00. The molecule has 0 aliphatic carbocycles. The first-order valence-electron chi connectivity index (χ1n) is 8.66. The number of fused-ring (bicyclic) bond motifs is 1. The van der Waals surface area contributed by atoms with E-state index < -0.39 is 6.04 Å². The Bertz CT molecular complexity index is 842. The van der Waals surface area contributed by atoms with Gasteiger partial charge in [-0.15, -0.1) is 11.8 Å². The van der Waals surface area contributed by atoms with Gasteiger partial charge in [0.05, 0.1) is 18.5 Å². The minimum Gasteiger partial charge on any atom is -0.349 e. The van der Waals surface area contributed by atoms with Gasteiger partial charge in [-0.3, -0.25) is 9.59 Å². The highest BCUT2D eigenvalue weighted by Gasteiger charge is 2.24. The van der Waals surface area contributed by atoms with E-state index in [1.54, 1.807) is 23.9 Å². The summed E-state index contributed by atoms with van der Waals surface area (Å²) in [7, 11) is 0. The first-order valence-corrected chi connectivity index (χ1v) is 10.4. The van der Waals surface area contributed by atoms with Crippen LogP contribution >= 0.6 is 35.0 Å². The second-order valence-corrected chi connectivity index (χ2v) is 8.46. The molecule has 2 amide bonds. The quantitative estimate of drug-likeness (QED) is 0.718. The maximum atomic E-state index is 12.7. The second-order valence-electron chi connectivity index (χ2n) is 6.45. The fraction of sp³-hybridized carbons (Fsp3) is 0.300. The Morgan fingerprint density at radius 2 is 1.85 bits per heavy atom. The van der Waals surface area contributed by atoms with Crippen LogP contribution in [0.2, 0.25) is 10.0 Å². The van der Waals surface area contributed by atoms with Crippen molar-refractivity contribution in [2.75, 3.05) is 5.75 Å². The van der Waals surface area contributed by atoms with E-state index in [1.807, 2.05) is 30.3 Å². The molecule has 2 N–H and O–H groups in total. The van der Waals surface area contributed by atoms with Crippen LogP contribution < -0.4 is 10.6 Å². The lowest BCUT2D eigenvalue weighted by molar-refractivity contribution is -0.123. The molecule has 2 aromatic rings. The first-order chi connectivity index (χ1) is 12.9. The molecule has 4 nitrogen and oxygen atoms in total. The molecule has 3 rings (SSSR count). The predicted molar refractivity (Wildman–Crippen MR) is 110 cm³/mol. The van der Waals surface area contributed by atoms with Gasteiger partial charge in [-0.2, -0.15) is 0 Å². The number of hydrogen-bond donors (Lipinski definition) is 2. The first kappa shape index (κ1) is 20.1. The summed E-state index contributed by atoms with van der Waals surface area (Å²) in [5.41, 5.74) is 1.89. The molecule has 0 bridgehead atoms. The molecule has 2 unspecified atom stereocenters. The predicted octanol–water partition coefficient (Wildman–Crippen LogP) is 4.91. The van der Waals surface area contributed by atoms with Crippen LogP contribution in [0.5, 0.6) is 0 Å². The number of rotatable bonds is 5. The summed E-state index contributed by atoms with van der Waals surface area (Å²) in [6.07, 6.45) is 0.996. The van der Waals surface area contributed by atoms with E-state index in [0.29, 0.717) is 10.0 Å². The average molecular weight is 423 g/mol. The standard InChI is InChI=1S/C20H20Cl2N2O2S/c1-12(25)23-18(13-2-4-14(21)5-3-13)11-20(26)24-17-8-9-27-19-7-6-15(22)10-16(17)19/h2-7,10,17-18H,8-9,11H2,1H3,(H,23,25)(H,24,26). The molecule has 0 radical (unpaired) electrons. The number of carbonyl (C=O) groups excluding carboxylic acids is 2. The van der Waals surface area contributed by atoms with Gasteiger partial charge in [0, 0.05) is 27.6 Å². The summed E-state index contributed by atoms with van der Waals surface area (Å²) in [6, 6.07) is 12.4. The lowest BCUT2D eigenvalue weighted by Crippen LogP contribution is -2.35. The van der Waals surface area contributed by atoms with Gasteiger partial charge < -0.3 is 10.6 Å². The maximum absolute atomic E-state index is 12.7. The Hall–Kier alpha value is -1.69. The van der Waals surface area contributed by atoms with E-state index >= 15 is 0 Å². The number of thioether (sulfide) groups is 1. The number of benzene rings is 2. The third-order valence-electron chi connectivity index (χ3n) is 4.39. The van der Waals surface area contributed by atoms with Crippen molar-refractivity contribution in [2.45, 2.75) is 36.7 Å². The molecule has 142 valence electrons. The highest BCUT2D eigenvalue weighted by molar-refractivity contribution is 7.99. The molecule has 1 aliphatic rings. The topological polar surface area (TPSA) is 58.2 Å². The smallest absolute Gasteiger partial charge is 0.222 e. The minimum atomic E-state index is -0.406. The summed E-state index contributed by atoms with van der Waals surface area (Å²) in [6.45, 7) is 1.44. The Morgan fingerprint density at radius 3 is 2.56 bits per heavy atom. The van der Waals surface area contributed by atoms with Gasteiger partial charge in [-0.05, 0) is 47.9 Å². The Balaban J connectivity index is 1.72. The van der Waals surface area contributed by atoms with Crippen LogP contribution in [-0.2, 0) is 9.59 Å². The molecule has 0 saturated heterocycles.